The Morgan fingerprint density at radius 3 is 2.05 bits per heavy atom. The van der Waals surface area contributed by atoms with Crippen LogP contribution in [0.15, 0.2) is 64.4 Å². The van der Waals surface area contributed by atoms with Crippen LogP contribution in [0.5, 0.6) is 0 Å². The first-order chi connectivity index (χ1) is 9.36. The lowest BCUT2D eigenvalue weighted by molar-refractivity contribution is 0.235. The van der Waals surface area contributed by atoms with Gasteiger partial charge >= 0.3 is 0 Å². The van der Waals surface area contributed by atoms with Gasteiger partial charge in [-0.2, -0.15) is 0 Å². The Morgan fingerprint density at radius 2 is 1.47 bits per heavy atom. The number of aliphatic hydroxyl groups is 1. The molecule has 2 aromatic rings. The highest BCUT2D eigenvalue weighted by molar-refractivity contribution is 8.19. The Kier molecular flexibility index (Phi) is 4.16. The second-order valence-corrected chi connectivity index (χ2v) is 7.35. The van der Waals surface area contributed by atoms with Crippen molar-refractivity contribution in [2.75, 3.05) is 6.61 Å². The molecule has 0 aromatic heterocycles. The van der Waals surface area contributed by atoms with E-state index in [1.54, 1.807) is 0 Å². The van der Waals surface area contributed by atoms with Crippen LogP contribution < -0.4 is 0 Å². The van der Waals surface area contributed by atoms with Crippen molar-refractivity contribution >= 4 is 23.5 Å². The highest BCUT2D eigenvalue weighted by atomic mass is 32.2. The highest BCUT2D eigenvalue weighted by Crippen LogP contribution is 2.50. The molecular formula is C16H16OS2. The average Bonchev–Trinajstić information content (AvgIpc) is 2.89. The van der Waals surface area contributed by atoms with Crippen LogP contribution in [0.4, 0.5) is 0 Å². The number of hydrogen-bond acceptors (Lipinski definition) is 3. The number of hydrogen-bond donors (Lipinski definition) is 1. The normalized spacial score (nSPS) is 16.3. The maximum absolute atomic E-state index is 9.70. The Morgan fingerprint density at radius 1 is 0.895 bits per heavy atom. The number of fused-ring (bicyclic) bond motifs is 1. The van der Waals surface area contributed by atoms with Crippen molar-refractivity contribution in [2.45, 2.75) is 20.8 Å². The van der Waals surface area contributed by atoms with Crippen LogP contribution in [0.3, 0.4) is 0 Å². The van der Waals surface area contributed by atoms with Gasteiger partial charge in [-0.15, -0.1) is 23.5 Å². The lowest BCUT2D eigenvalue weighted by atomic mass is 10.0. The van der Waals surface area contributed by atoms with E-state index < -0.39 is 0 Å². The van der Waals surface area contributed by atoms with E-state index in [1.807, 2.05) is 29.6 Å². The molecule has 1 unspecified atom stereocenters. The molecule has 1 N–H and O–H groups in total. The van der Waals surface area contributed by atoms with Crippen LogP contribution in [0.2, 0.25) is 0 Å². The third kappa shape index (κ3) is 2.99. The minimum Gasteiger partial charge on any atom is -0.396 e. The molecular weight excluding hydrogens is 272 g/mol. The van der Waals surface area contributed by atoms with Gasteiger partial charge in [-0.25, -0.2) is 0 Å². The molecule has 19 heavy (non-hydrogen) atoms. The summed E-state index contributed by atoms with van der Waals surface area (Å²) >= 11 is 3.78. The smallest absolute Gasteiger partial charge is 0.0650 e. The van der Waals surface area contributed by atoms with Gasteiger partial charge in [-0.1, -0.05) is 42.5 Å². The molecule has 0 radical (unpaired) electrons. The minimum absolute atomic E-state index is 0.244. The van der Waals surface area contributed by atoms with E-state index in [0.717, 1.165) is 6.42 Å². The molecule has 98 valence electrons. The zero-order chi connectivity index (χ0) is 13.1. The van der Waals surface area contributed by atoms with Gasteiger partial charge in [0.25, 0.3) is 0 Å². The van der Waals surface area contributed by atoms with Gasteiger partial charge in [0, 0.05) is 22.3 Å². The quantitative estimate of drug-likeness (QED) is 0.916. The van der Waals surface area contributed by atoms with E-state index in [-0.39, 0.29) is 6.61 Å². The van der Waals surface area contributed by atoms with Crippen molar-refractivity contribution in [3.63, 3.8) is 0 Å². The number of benzene rings is 2. The van der Waals surface area contributed by atoms with Gasteiger partial charge in [0.2, 0.25) is 0 Å². The molecule has 0 aliphatic carbocycles. The molecule has 2 aromatic carbocycles. The highest BCUT2D eigenvalue weighted by Gasteiger charge is 2.29. The Labute approximate surface area is 122 Å². The van der Waals surface area contributed by atoms with Crippen LogP contribution in [0.25, 0.3) is 0 Å². The largest absolute Gasteiger partial charge is 0.396 e. The van der Waals surface area contributed by atoms with E-state index in [4.69, 9.17) is 0 Å². The summed E-state index contributed by atoms with van der Waals surface area (Å²) in [4.78, 5) is 2.70. The van der Waals surface area contributed by atoms with Gasteiger partial charge in [0.15, 0.2) is 0 Å². The van der Waals surface area contributed by atoms with Crippen molar-refractivity contribution in [1.82, 2.24) is 0 Å². The fraction of sp³-hybridized carbons (Fsp3) is 0.250. The monoisotopic (exact) mass is 288 g/mol. The van der Waals surface area contributed by atoms with E-state index in [9.17, 15) is 5.11 Å². The minimum atomic E-state index is 0.244. The summed E-state index contributed by atoms with van der Waals surface area (Å²) < 4.78 is 0.419. The fourth-order valence-electron chi connectivity index (χ4n) is 2.28. The molecule has 0 spiro atoms. The Balaban J connectivity index is 1.71. The molecule has 0 saturated carbocycles. The summed E-state index contributed by atoms with van der Waals surface area (Å²) in [6, 6.07) is 18.9. The summed E-state index contributed by atoms with van der Waals surface area (Å²) in [5.74, 6) is 0.296. The van der Waals surface area contributed by atoms with E-state index in [0.29, 0.717) is 10.5 Å². The first kappa shape index (κ1) is 13.1. The molecule has 0 saturated heterocycles. The SMILES string of the molecule is OCC(Cc1ccccc1)C1Sc2ccccc2S1. The Hall–Kier alpha value is -0.900. The summed E-state index contributed by atoms with van der Waals surface area (Å²) in [7, 11) is 0. The van der Waals surface area contributed by atoms with Crippen molar-refractivity contribution in [1.29, 1.82) is 0 Å². The molecule has 3 heteroatoms. The molecule has 1 aliphatic rings. The number of thioether (sulfide) groups is 2. The van der Waals surface area contributed by atoms with Crippen LogP contribution in [-0.4, -0.2) is 16.3 Å². The zero-order valence-electron chi connectivity index (χ0n) is 10.5. The third-order valence-electron chi connectivity index (χ3n) is 3.30. The molecule has 0 fully saturated rings. The van der Waals surface area contributed by atoms with Crippen molar-refractivity contribution < 1.29 is 5.11 Å². The van der Waals surface area contributed by atoms with Crippen molar-refractivity contribution in [3.8, 4) is 0 Å². The van der Waals surface area contributed by atoms with Gasteiger partial charge in [-0.3, -0.25) is 0 Å². The summed E-state index contributed by atoms with van der Waals surface area (Å²) in [5, 5.41) is 9.70. The molecule has 0 amide bonds. The maximum Gasteiger partial charge on any atom is 0.0650 e. The zero-order valence-corrected chi connectivity index (χ0v) is 12.2. The maximum atomic E-state index is 9.70. The van der Waals surface area contributed by atoms with Crippen LogP contribution in [0, 0.1) is 5.92 Å². The van der Waals surface area contributed by atoms with E-state index >= 15 is 0 Å². The first-order valence-corrected chi connectivity index (χ1v) is 8.20. The number of rotatable bonds is 4. The molecule has 1 nitrogen and oxygen atoms in total. The van der Waals surface area contributed by atoms with Crippen molar-refractivity contribution in [2.24, 2.45) is 5.92 Å². The van der Waals surface area contributed by atoms with E-state index in [2.05, 4.69) is 48.5 Å². The summed E-state index contributed by atoms with van der Waals surface area (Å²) in [5.41, 5.74) is 1.30. The predicted molar refractivity (Wildman–Crippen MR) is 82.7 cm³/mol. The van der Waals surface area contributed by atoms with Crippen LogP contribution in [-0.2, 0) is 6.42 Å². The number of aliphatic hydroxyl groups excluding tert-OH is 1. The first-order valence-electron chi connectivity index (χ1n) is 6.44. The third-order valence-corrected chi connectivity index (χ3v) is 6.46. The summed E-state index contributed by atoms with van der Waals surface area (Å²) in [6.45, 7) is 0.244. The Bertz CT molecular complexity index is 516. The van der Waals surface area contributed by atoms with Gasteiger partial charge < -0.3 is 5.11 Å². The molecule has 1 heterocycles. The van der Waals surface area contributed by atoms with Crippen LogP contribution in [0.1, 0.15) is 5.56 Å². The second kappa shape index (κ2) is 6.04. The van der Waals surface area contributed by atoms with Crippen LogP contribution >= 0.6 is 23.5 Å². The van der Waals surface area contributed by atoms with E-state index in [1.165, 1.54) is 15.4 Å². The lowest BCUT2D eigenvalue weighted by Crippen LogP contribution is -2.19. The van der Waals surface area contributed by atoms with Gasteiger partial charge in [0.05, 0.1) is 4.58 Å². The topological polar surface area (TPSA) is 20.2 Å². The molecule has 1 aliphatic heterocycles. The summed E-state index contributed by atoms with van der Waals surface area (Å²) in [6.07, 6.45) is 0.940. The molecule has 0 bridgehead atoms. The molecule has 1 atom stereocenters. The second-order valence-electron chi connectivity index (χ2n) is 4.68. The lowest BCUT2D eigenvalue weighted by Gasteiger charge is -2.19. The predicted octanol–water partition coefficient (Wildman–Crippen LogP) is 4.06. The average molecular weight is 288 g/mol. The molecule has 3 rings (SSSR count). The van der Waals surface area contributed by atoms with Gasteiger partial charge in [-0.05, 0) is 24.1 Å². The fourth-order valence-corrected chi connectivity index (χ4v) is 5.31. The van der Waals surface area contributed by atoms with Crippen molar-refractivity contribution in [3.05, 3.63) is 60.2 Å². The van der Waals surface area contributed by atoms with Gasteiger partial charge in [0.1, 0.15) is 0 Å². The standard InChI is InChI=1S/C16H16OS2/c17-11-13(10-12-6-2-1-3-7-12)16-18-14-8-4-5-9-15(14)19-16/h1-9,13,16-17H,10-11H2.